The van der Waals surface area contributed by atoms with Gasteiger partial charge in [0, 0.05) is 23.2 Å². The van der Waals surface area contributed by atoms with E-state index >= 15 is 0 Å². The van der Waals surface area contributed by atoms with Gasteiger partial charge in [-0.05, 0) is 52.5 Å². The van der Waals surface area contributed by atoms with Gasteiger partial charge in [-0.25, -0.2) is 0 Å². The lowest BCUT2D eigenvalue weighted by Gasteiger charge is -2.10. The molecule has 20 heavy (non-hydrogen) atoms. The molecule has 2 rings (SSSR count). The summed E-state index contributed by atoms with van der Waals surface area (Å²) in [5.74, 6) is 0. The summed E-state index contributed by atoms with van der Waals surface area (Å²) in [5.41, 5.74) is 4.44. The van der Waals surface area contributed by atoms with Gasteiger partial charge in [-0.3, -0.25) is 10.1 Å². The highest BCUT2D eigenvalue weighted by molar-refractivity contribution is 9.10. The molecule has 5 heteroatoms. The van der Waals surface area contributed by atoms with Gasteiger partial charge in [0.1, 0.15) is 0 Å². The van der Waals surface area contributed by atoms with Gasteiger partial charge in [-0.2, -0.15) is 0 Å². The summed E-state index contributed by atoms with van der Waals surface area (Å²) < 4.78 is 0.812. The van der Waals surface area contributed by atoms with Crippen molar-refractivity contribution in [1.29, 1.82) is 0 Å². The second-order valence-corrected chi connectivity index (χ2v) is 5.55. The van der Waals surface area contributed by atoms with Crippen LogP contribution in [-0.4, -0.2) is 4.92 Å². The zero-order valence-corrected chi connectivity index (χ0v) is 12.9. The van der Waals surface area contributed by atoms with Crippen molar-refractivity contribution in [3.63, 3.8) is 0 Å². The van der Waals surface area contributed by atoms with E-state index in [0.29, 0.717) is 6.54 Å². The minimum atomic E-state index is -0.395. The van der Waals surface area contributed by atoms with Crippen LogP contribution in [0.25, 0.3) is 0 Å². The summed E-state index contributed by atoms with van der Waals surface area (Å²) in [6.07, 6.45) is 0. The van der Waals surface area contributed by atoms with E-state index in [-0.39, 0.29) is 5.69 Å². The van der Waals surface area contributed by atoms with Crippen LogP contribution >= 0.6 is 15.9 Å². The lowest BCUT2D eigenvalue weighted by molar-refractivity contribution is -0.384. The number of nitrogens with one attached hydrogen (secondary N) is 1. The largest absolute Gasteiger partial charge is 0.380 e. The number of nitro benzene ring substituents is 1. The van der Waals surface area contributed by atoms with Gasteiger partial charge in [0.15, 0.2) is 0 Å². The molecule has 0 aliphatic rings. The van der Waals surface area contributed by atoms with E-state index in [0.717, 1.165) is 15.7 Å². The molecule has 0 amide bonds. The van der Waals surface area contributed by atoms with E-state index in [1.165, 1.54) is 23.3 Å². The van der Waals surface area contributed by atoms with Crippen LogP contribution in [0.2, 0.25) is 0 Å². The summed E-state index contributed by atoms with van der Waals surface area (Å²) in [4.78, 5) is 10.4. The first-order valence-corrected chi connectivity index (χ1v) is 7.00. The molecule has 0 spiro atoms. The number of hydrogen-bond acceptors (Lipinski definition) is 3. The lowest BCUT2D eigenvalue weighted by Crippen LogP contribution is -2.01. The number of nitrogens with zero attached hydrogens (tertiary/aromatic N) is 1. The van der Waals surface area contributed by atoms with Crippen molar-refractivity contribution >= 4 is 27.3 Å². The van der Waals surface area contributed by atoms with E-state index in [2.05, 4.69) is 53.3 Å². The fraction of sp³-hybridized carbons (Fsp3) is 0.200. The average Bonchev–Trinajstić information content (AvgIpc) is 2.41. The molecule has 0 radical (unpaired) electrons. The summed E-state index contributed by atoms with van der Waals surface area (Å²) >= 11 is 3.39. The molecule has 0 fully saturated rings. The minimum Gasteiger partial charge on any atom is -0.380 e. The molecule has 0 bridgehead atoms. The number of hydrogen-bond donors (Lipinski definition) is 1. The maximum Gasteiger partial charge on any atom is 0.271 e. The van der Waals surface area contributed by atoms with Gasteiger partial charge in [0.25, 0.3) is 5.69 Å². The maximum absolute atomic E-state index is 10.8. The molecule has 0 unspecified atom stereocenters. The molecule has 0 saturated heterocycles. The zero-order chi connectivity index (χ0) is 14.7. The Morgan fingerprint density at radius 1 is 1.15 bits per heavy atom. The van der Waals surface area contributed by atoms with E-state index in [4.69, 9.17) is 0 Å². The molecule has 0 aliphatic carbocycles. The smallest absolute Gasteiger partial charge is 0.271 e. The standard InChI is InChI=1S/C15H15BrN2O2/c1-10-3-4-12(7-11(10)2)9-17-15-8-13(18(19)20)5-6-14(15)16/h3-8,17H,9H2,1-2H3. The Morgan fingerprint density at radius 3 is 2.55 bits per heavy atom. The Balaban J connectivity index is 2.15. The van der Waals surface area contributed by atoms with E-state index in [9.17, 15) is 10.1 Å². The van der Waals surface area contributed by atoms with Crippen molar-refractivity contribution in [2.24, 2.45) is 0 Å². The van der Waals surface area contributed by atoms with Gasteiger partial charge in [-0.1, -0.05) is 18.2 Å². The third-order valence-electron chi connectivity index (χ3n) is 3.22. The van der Waals surface area contributed by atoms with Crippen LogP contribution in [0.3, 0.4) is 0 Å². The van der Waals surface area contributed by atoms with Crippen LogP contribution in [0.15, 0.2) is 40.9 Å². The Kier molecular flexibility index (Phi) is 4.39. The highest BCUT2D eigenvalue weighted by atomic mass is 79.9. The Labute approximate surface area is 126 Å². The highest BCUT2D eigenvalue weighted by Crippen LogP contribution is 2.27. The first kappa shape index (κ1) is 14.5. The number of halogens is 1. The van der Waals surface area contributed by atoms with Crippen LogP contribution in [0.4, 0.5) is 11.4 Å². The summed E-state index contributed by atoms with van der Waals surface area (Å²) in [7, 11) is 0. The number of rotatable bonds is 4. The fourth-order valence-corrected chi connectivity index (χ4v) is 2.26. The van der Waals surface area contributed by atoms with Gasteiger partial charge >= 0.3 is 0 Å². The average molecular weight is 335 g/mol. The van der Waals surface area contributed by atoms with Crippen LogP contribution in [0, 0.1) is 24.0 Å². The number of nitro groups is 1. The van der Waals surface area contributed by atoms with Gasteiger partial charge in [0.05, 0.1) is 10.6 Å². The second-order valence-electron chi connectivity index (χ2n) is 4.69. The molecule has 0 saturated carbocycles. The minimum absolute atomic E-state index is 0.0794. The molecule has 0 atom stereocenters. The number of anilines is 1. The Hall–Kier alpha value is -1.88. The molecule has 0 aliphatic heterocycles. The van der Waals surface area contributed by atoms with Crippen molar-refractivity contribution in [2.75, 3.05) is 5.32 Å². The Bertz CT molecular complexity index is 656. The summed E-state index contributed by atoms with van der Waals surface area (Å²) in [6, 6.07) is 10.9. The van der Waals surface area contributed by atoms with Crippen LogP contribution < -0.4 is 5.32 Å². The van der Waals surface area contributed by atoms with Crippen molar-refractivity contribution in [2.45, 2.75) is 20.4 Å². The maximum atomic E-state index is 10.8. The molecule has 104 valence electrons. The number of non-ortho nitro benzene ring substituents is 1. The van der Waals surface area contributed by atoms with E-state index < -0.39 is 4.92 Å². The summed E-state index contributed by atoms with van der Waals surface area (Å²) in [6.45, 7) is 4.77. The van der Waals surface area contributed by atoms with Crippen LogP contribution in [-0.2, 0) is 6.54 Å². The predicted molar refractivity (Wildman–Crippen MR) is 84.0 cm³/mol. The van der Waals surface area contributed by atoms with E-state index in [1.54, 1.807) is 6.07 Å². The number of benzene rings is 2. The van der Waals surface area contributed by atoms with Crippen molar-refractivity contribution < 1.29 is 4.92 Å². The van der Waals surface area contributed by atoms with Gasteiger partial charge < -0.3 is 5.32 Å². The molecule has 2 aromatic rings. The molecular weight excluding hydrogens is 320 g/mol. The monoisotopic (exact) mass is 334 g/mol. The summed E-state index contributed by atoms with van der Waals surface area (Å²) in [5, 5.41) is 14.0. The van der Waals surface area contributed by atoms with Crippen LogP contribution in [0.1, 0.15) is 16.7 Å². The first-order valence-electron chi connectivity index (χ1n) is 6.21. The molecule has 4 nitrogen and oxygen atoms in total. The topological polar surface area (TPSA) is 55.2 Å². The third-order valence-corrected chi connectivity index (χ3v) is 3.91. The van der Waals surface area contributed by atoms with Crippen molar-refractivity contribution in [1.82, 2.24) is 0 Å². The second kappa shape index (κ2) is 6.05. The third kappa shape index (κ3) is 3.36. The first-order chi connectivity index (χ1) is 9.47. The molecule has 0 aromatic heterocycles. The van der Waals surface area contributed by atoms with Crippen molar-refractivity contribution in [3.05, 3.63) is 67.7 Å². The molecule has 1 N–H and O–H groups in total. The normalized spacial score (nSPS) is 10.3. The highest BCUT2D eigenvalue weighted by Gasteiger charge is 2.09. The SMILES string of the molecule is Cc1ccc(CNc2cc([N+](=O)[O-])ccc2Br)cc1C. The Morgan fingerprint density at radius 2 is 1.90 bits per heavy atom. The molecular formula is C15H15BrN2O2. The van der Waals surface area contributed by atoms with E-state index in [1.807, 2.05) is 0 Å². The van der Waals surface area contributed by atoms with Crippen LogP contribution in [0.5, 0.6) is 0 Å². The fourth-order valence-electron chi connectivity index (χ4n) is 1.87. The van der Waals surface area contributed by atoms with Gasteiger partial charge in [-0.15, -0.1) is 0 Å². The molecule has 0 heterocycles. The lowest BCUT2D eigenvalue weighted by atomic mass is 10.1. The van der Waals surface area contributed by atoms with Crippen molar-refractivity contribution in [3.8, 4) is 0 Å². The van der Waals surface area contributed by atoms with Gasteiger partial charge in [0.2, 0.25) is 0 Å². The predicted octanol–water partition coefficient (Wildman–Crippen LogP) is 4.59. The number of aryl methyl sites for hydroxylation is 2. The zero-order valence-electron chi connectivity index (χ0n) is 11.3. The quantitative estimate of drug-likeness (QED) is 0.657. The molecule has 2 aromatic carbocycles.